The highest BCUT2D eigenvalue weighted by molar-refractivity contribution is 6.46. The van der Waals surface area contributed by atoms with Gasteiger partial charge in [-0.15, -0.1) is 0 Å². The van der Waals surface area contributed by atoms with Crippen molar-refractivity contribution >= 4 is 17.4 Å². The standard InChI is InChI=1S/C25H29NO6/c1-5-11-26-22(16-9-10-20(31-4)19(27)13-16)21(24(29)25(26)30)23(28)17-7-6-8-18(12-17)32-14-15(2)3/h6-10,12-13,15,22,27-28H,5,11,14H2,1-4H3/b23-21-. The van der Waals surface area contributed by atoms with Gasteiger partial charge < -0.3 is 24.6 Å². The molecule has 1 aliphatic rings. The first-order valence-corrected chi connectivity index (χ1v) is 10.7. The Hall–Kier alpha value is -3.48. The molecule has 2 aromatic rings. The van der Waals surface area contributed by atoms with Crippen molar-refractivity contribution < 1.29 is 29.3 Å². The maximum atomic E-state index is 13.0. The van der Waals surface area contributed by atoms with Crippen molar-refractivity contribution in [3.8, 4) is 17.2 Å². The van der Waals surface area contributed by atoms with E-state index in [1.54, 1.807) is 36.4 Å². The molecule has 3 rings (SSSR count). The predicted molar refractivity (Wildman–Crippen MR) is 121 cm³/mol. The van der Waals surface area contributed by atoms with E-state index in [1.807, 2.05) is 20.8 Å². The third-order valence-electron chi connectivity index (χ3n) is 5.21. The van der Waals surface area contributed by atoms with Gasteiger partial charge in [0.05, 0.1) is 25.3 Å². The lowest BCUT2D eigenvalue weighted by atomic mass is 9.95. The highest BCUT2D eigenvalue weighted by atomic mass is 16.5. The molecule has 0 bridgehead atoms. The number of carbonyl (C=O) groups is 2. The van der Waals surface area contributed by atoms with Crippen LogP contribution in [0.1, 0.15) is 44.4 Å². The molecule has 7 nitrogen and oxygen atoms in total. The van der Waals surface area contributed by atoms with Crippen LogP contribution >= 0.6 is 0 Å². The number of benzene rings is 2. The second-order valence-corrected chi connectivity index (χ2v) is 8.16. The van der Waals surface area contributed by atoms with E-state index in [2.05, 4.69) is 0 Å². The zero-order valence-corrected chi connectivity index (χ0v) is 18.8. The Balaban J connectivity index is 2.11. The van der Waals surface area contributed by atoms with Crippen LogP contribution in [0.15, 0.2) is 48.0 Å². The monoisotopic (exact) mass is 439 g/mol. The van der Waals surface area contributed by atoms with Crippen LogP contribution < -0.4 is 9.47 Å². The van der Waals surface area contributed by atoms with E-state index in [-0.39, 0.29) is 22.8 Å². The molecule has 0 radical (unpaired) electrons. The molecule has 2 N–H and O–H groups in total. The largest absolute Gasteiger partial charge is 0.507 e. The lowest BCUT2D eigenvalue weighted by Crippen LogP contribution is -2.30. The molecule has 1 unspecified atom stereocenters. The first kappa shape index (κ1) is 23.2. The lowest BCUT2D eigenvalue weighted by Gasteiger charge is -2.25. The maximum Gasteiger partial charge on any atom is 0.295 e. The number of methoxy groups -OCH3 is 1. The van der Waals surface area contributed by atoms with Crippen molar-refractivity contribution in [2.24, 2.45) is 5.92 Å². The molecule has 1 amide bonds. The van der Waals surface area contributed by atoms with E-state index in [0.29, 0.717) is 42.4 Å². The van der Waals surface area contributed by atoms with Crippen LogP contribution in [0.5, 0.6) is 17.2 Å². The van der Waals surface area contributed by atoms with Gasteiger partial charge in [0.25, 0.3) is 11.7 Å². The third-order valence-corrected chi connectivity index (χ3v) is 5.21. The van der Waals surface area contributed by atoms with Crippen LogP contribution in [-0.4, -0.2) is 47.1 Å². The first-order valence-electron chi connectivity index (χ1n) is 10.7. The quantitative estimate of drug-likeness (QED) is 0.362. The molecule has 2 aromatic carbocycles. The summed E-state index contributed by atoms with van der Waals surface area (Å²) in [4.78, 5) is 27.2. The average molecular weight is 440 g/mol. The number of hydrogen-bond acceptors (Lipinski definition) is 6. The highest BCUT2D eigenvalue weighted by Gasteiger charge is 2.45. The number of ether oxygens (including phenoxy) is 2. The minimum absolute atomic E-state index is 0.0194. The highest BCUT2D eigenvalue weighted by Crippen LogP contribution is 2.42. The van der Waals surface area contributed by atoms with Gasteiger partial charge in [0.15, 0.2) is 11.5 Å². The normalized spacial score (nSPS) is 17.8. The minimum atomic E-state index is -0.827. The fourth-order valence-electron chi connectivity index (χ4n) is 3.73. The van der Waals surface area contributed by atoms with Crippen molar-refractivity contribution in [1.82, 2.24) is 4.90 Å². The summed E-state index contributed by atoms with van der Waals surface area (Å²) in [6, 6.07) is 10.7. The van der Waals surface area contributed by atoms with E-state index < -0.39 is 17.7 Å². The fourth-order valence-corrected chi connectivity index (χ4v) is 3.73. The van der Waals surface area contributed by atoms with Gasteiger partial charge >= 0.3 is 0 Å². The number of rotatable bonds is 8. The number of carbonyl (C=O) groups excluding carboxylic acids is 2. The van der Waals surface area contributed by atoms with Crippen molar-refractivity contribution in [3.63, 3.8) is 0 Å². The van der Waals surface area contributed by atoms with Gasteiger partial charge in [-0.1, -0.05) is 39.0 Å². The van der Waals surface area contributed by atoms with Gasteiger partial charge in [0.2, 0.25) is 0 Å². The number of aromatic hydroxyl groups is 1. The smallest absolute Gasteiger partial charge is 0.295 e. The van der Waals surface area contributed by atoms with Crippen molar-refractivity contribution in [1.29, 1.82) is 0 Å². The summed E-state index contributed by atoms with van der Waals surface area (Å²) in [7, 11) is 1.44. The number of amides is 1. The Morgan fingerprint density at radius 3 is 2.53 bits per heavy atom. The summed E-state index contributed by atoms with van der Waals surface area (Å²) in [6.45, 7) is 6.80. The molecule has 1 heterocycles. The van der Waals surface area contributed by atoms with Gasteiger partial charge in [-0.2, -0.15) is 0 Å². The van der Waals surface area contributed by atoms with E-state index in [4.69, 9.17) is 9.47 Å². The van der Waals surface area contributed by atoms with E-state index >= 15 is 0 Å². The van der Waals surface area contributed by atoms with Crippen LogP contribution in [-0.2, 0) is 9.59 Å². The topological polar surface area (TPSA) is 96.3 Å². The number of hydrogen-bond donors (Lipinski definition) is 2. The molecule has 1 saturated heterocycles. The molecule has 1 aliphatic heterocycles. The Bertz CT molecular complexity index is 1040. The summed E-state index contributed by atoms with van der Waals surface area (Å²) >= 11 is 0. The maximum absolute atomic E-state index is 13.0. The number of nitrogens with zero attached hydrogens (tertiary/aromatic N) is 1. The molecular formula is C25H29NO6. The number of aliphatic hydroxyl groups excluding tert-OH is 1. The molecular weight excluding hydrogens is 410 g/mol. The van der Waals surface area contributed by atoms with Crippen LogP contribution in [0.4, 0.5) is 0 Å². The summed E-state index contributed by atoms with van der Waals surface area (Å²) in [5.74, 6) is -0.672. The summed E-state index contributed by atoms with van der Waals surface area (Å²) in [6.07, 6.45) is 0.629. The second-order valence-electron chi connectivity index (χ2n) is 8.16. The zero-order valence-electron chi connectivity index (χ0n) is 18.8. The number of ketones is 1. The minimum Gasteiger partial charge on any atom is -0.507 e. The molecule has 0 saturated carbocycles. The molecule has 0 aliphatic carbocycles. The number of phenols is 1. The number of aliphatic hydroxyl groups is 1. The lowest BCUT2D eigenvalue weighted by molar-refractivity contribution is -0.139. The zero-order chi connectivity index (χ0) is 23.4. The molecule has 7 heteroatoms. The summed E-state index contributed by atoms with van der Waals surface area (Å²) in [5, 5.41) is 21.4. The summed E-state index contributed by atoms with van der Waals surface area (Å²) in [5.41, 5.74) is 0.863. The van der Waals surface area contributed by atoms with Crippen LogP contribution in [0, 0.1) is 5.92 Å². The molecule has 0 spiro atoms. The first-order chi connectivity index (χ1) is 15.3. The van der Waals surface area contributed by atoms with Crippen molar-refractivity contribution in [3.05, 3.63) is 59.2 Å². The summed E-state index contributed by atoms with van der Waals surface area (Å²) < 4.78 is 10.8. The van der Waals surface area contributed by atoms with Crippen LogP contribution in [0.3, 0.4) is 0 Å². The van der Waals surface area contributed by atoms with Crippen molar-refractivity contribution in [2.75, 3.05) is 20.3 Å². The van der Waals surface area contributed by atoms with Crippen LogP contribution in [0.25, 0.3) is 5.76 Å². The fraction of sp³-hybridized carbons (Fsp3) is 0.360. The van der Waals surface area contributed by atoms with Gasteiger partial charge in [0.1, 0.15) is 11.5 Å². The third kappa shape index (κ3) is 4.56. The second kappa shape index (κ2) is 9.77. The number of likely N-dealkylation sites (tertiary alicyclic amines) is 1. The van der Waals surface area contributed by atoms with Gasteiger partial charge in [0, 0.05) is 12.1 Å². The van der Waals surface area contributed by atoms with Crippen molar-refractivity contribution in [2.45, 2.75) is 33.2 Å². The molecule has 1 atom stereocenters. The van der Waals surface area contributed by atoms with Gasteiger partial charge in [-0.3, -0.25) is 9.59 Å². The van der Waals surface area contributed by atoms with E-state index in [1.165, 1.54) is 18.1 Å². The predicted octanol–water partition coefficient (Wildman–Crippen LogP) is 4.27. The average Bonchev–Trinajstić information content (AvgIpc) is 3.02. The van der Waals surface area contributed by atoms with E-state index in [9.17, 15) is 19.8 Å². The molecule has 32 heavy (non-hydrogen) atoms. The van der Waals surface area contributed by atoms with E-state index in [0.717, 1.165) is 0 Å². The number of phenolic OH excluding ortho intramolecular Hbond substituents is 1. The van der Waals surface area contributed by atoms with Crippen LogP contribution in [0.2, 0.25) is 0 Å². The SMILES string of the molecule is CCCN1C(=O)C(=O)/C(=C(\O)c2cccc(OCC(C)C)c2)C1c1ccc(OC)c(O)c1. The molecule has 1 fully saturated rings. The van der Waals surface area contributed by atoms with Gasteiger partial charge in [-0.05, 0) is 42.2 Å². The molecule has 0 aromatic heterocycles. The Kier molecular flexibility index (Phi) is 7.08. The van der Waals surface area contributed by atoms with Gasteiger partial charge in [-0.25, -0.2) is 0 Å². The number of Topliss-reactive ketones (excluding diaryl/α,β-unsaturated/α-hetero) is 1. The Morgan fingerprint density at radius 2 is 1.91 bits per heavy atom. The Morgan fingerprint density at radius 1 is 1.16 bits per heavy atom. The Labute approximate surface area is 187 Å². The molecule has 170 valence electrons.